The molecule has 110 valence electrons. The number of likely N-dealkylation sites (N-methyl/N-ethyl adjacent to an activating group) is 1. The van der Waals surface area contributed by atoms with Gasteiger partial charge in [-0.3, -0.25) is 14.5 Å². The summed E-state index contributed by atoms with van der Waals surface area (Å²) in [7, 11) is 1.47. The Bertz CT molecular complexity index is 772. The largest absolute Gasteiger partial charge is 0.314 e. The number of carbonyl (C=O) groups is 2. The minimum absolute atomic E-state index is 0.0882. The second kappa shape index (κ2) is 5.16. The van der Waals surface area contributed by atoms with E-state index >= 15 is 0 Å². The quantitative estimate of drug-likeness (QED) is 0.620. The van der Waals surface area contributed by atoms with E-state index in [2.05, 4.69) is 4.98 Å². The number of nitrogens with zero attached hydrogens (tertiary/aromatic N) is 3. The average Bonchev–Trinajstić information content (AvgIpc) is 2.91. The molecule has 1 aromatic carbocycles. The molecular formula is C13H10Cl3N3O2. The van der Waals surface area contributed by atoms with E-state index in [1.807, 2.05) is 0 Å². The minimum Gasteiger partial charge on any atom is -0.314 e. The van der Waals surface area contributed by atoms with Crippen LogP contribution in [0.2, 0.25) is 10.0 Å². The summed E-state index contributed by atoms with van der Waals surface area (Å²) in [6.07, 6.45) is 0.0882. The lowest BCUT2D eigenvalue weighted by molar-refractivity contribution is -0.137. The number of rotatable bonds is 2. The minimum atomic E-state index is -0.640. The van der Waals surface area contributed by atoms with E-state index in [1.165, 1.54) is 7.05 Å². The Balaban J connectivity index is 2.24. The molecule has 2 heterocycles. The maximum absolute atomic E-state index is 12.2. The molecule has 1 unspecified atom stereocenters. The summed E-state index contributed by atoms with van der Waals surface area (Å²) in [4.78, 5) is 29.5. The molecule has 2 amide bonds. The van der Waals surface area contributed by atoms with Crippen molar-refractivity contribution in [3.63, 3.8) is 0 Å². The van der Waals surface area contributed by atoms with Crippen molar-refractivity contribution < 1.29 is 9.59 Å². The smallest absolute Gasteiger partial charge is 0.252 e. The number of aromatic nitrogens is 2. The van der Waals surface area contributed by atoms with Crippen LogP contribution in [-0.4, -0.2) is 33.3 Å². The summed E-state index contributed by atoms with van der Waals surface area (Å²) < 4.78 is 1.67. The second-order valence-electron chi connectivity index (χ2n) is 4.80. The third-order valence-electron chi connectivity index (χ3n) is 3.59. The van der Waals surface area contributed by atoms with Crippen molar-refractivity contribution in [2.75, 3.05) is 7.05 Å². The van der Waals surface area contributed by atoms with Gasteiger partial charge in [0.1, 0.15) is 11.9 Å². The van der Waals surface area contributed by atoms with Gasteiger partial charge in [0.05, 0.1) is 33.4 Å². The number of fused-ring (bicyclic) bond motifs is 1. The van der Waals surface area contributed by atoms with E-state index < -0.39 is 6.04 Å². The molecule has 0 saturated carbocycles. The molecule has 8 heteroatoms. The monoisotopic (exact) mass is 345 g/mol. The van der Waals surface area contributed by atoms with Crippen LogP contribution in [0.1, 0.15) is 18.3 Å². The summed E-state index contributed by atoms with van der Waals surface area (Å²) in [5.74, 6) is 0.113. The van der Waals surface area contributed by atoms with E-state index in [-0.39, 0.29) is 24.1 Å². The lowest BCUT2D eigenvalue weighted by Gasteiger charge is -2.14. The van der Waals surface area contributed by atoms with Crippen LogP contribution in [0.4, 0.5) is 0 Å². The zero-order chi connectivity index (χ0) is 15.3. The van der Waals surface area contributed by atoms with Crippen LogP contribution in [0.5, 0.6) is 0 Å². The fraction of sp³-hybridized carbons (Fsp3) is 0.308. The predicted molar refractivity (Wildman–Crippen MR) is 80.7 cm³/mol. The summed E-state index contributed by atoms with van der Waals surface area (Å²) in [5.41, 5.74) is 1.23. The number of alkyl halides is 1. The SMILES string of the molecule is CN1C(=O)CC(n2c(CCl)nc3cc(Cl)c(Cl)cc32)C1=O. The van der Waals surface area contributed by atoms with Gasteiger partial charge in [-0.1, -0.05) is 23.2 Å². The maximum atomic E-state index is 12.2. The Morgan fingerprint density at radius 2 is 1.95 bits per heavy atom. The summed E-state index contributed by atoms with van der Waals surface area (Å²) in [5, 5.41) is 0.734. The van der Waals surface area contributed by atoms with Crippen LogP contribution in [0.3, 0.4) is 0 Å². The van der Waals surface area contributed by atoms with Crippen molar-refractivity contribution in [1.82, 2.24) is 14.5 Å². The van der Waals surface area contributed by atoms with Crippen molar-refractivity contribution in [3.05, 3.63) is 28.0 Å². The van der Waals surface area contributed by atoms with Gasteiger partial charge in [-0.2, -0.15) is 0 Å². The van der Waals surface area contributed by atoms with Crippen molar-refractivity contribution in [1.29, 1.82) is 0 Å². The van der Waals surface area contributed by atoms with E-state index in [0.29, 0.717) is 26.9 Å². The Labute approximate surface area is 135 Å². The first kappa shape index (κ1) is 14.6. The number of imide groups is 1. The van der Waals surface area contributed by atoms with Gasteiger partial charge in [-0.25, -0.2) is 4.98 Å². The molecule has 2 aromatic rings. The van der Waals surface area contributed by atoms with Gasteiger partial charge in [-0.15, -0.1) is 11.6 Å². The highest BCUT2D eigenvalue weighted by molar-refractivity contribution is 6.42. The molecule has 0 bridgehead atoms. The van der Waals surface area contributed by atoms with Gasteiger partial charge < -0.3 is 4.57 Å². The molecule has 21 heavy (non-hydrogen) atoms. The lowest BCUT2D eigenvalue weighted by atomic mass is 10.2. The molecule has 1 saturated heterocycles. The normalized spacial score (nSPS) is 19.0. The Morgan fingerprint density at radius 1 is 1.29 bits per heavy atom. The molecule has 1 atom stereocenters. The molecule has 3 rings (SSSR count). The highest BCUT2D eigenvalue weighted by Gasteiger charge is 2.39. The summed E-state index contributed by atoms with van der Waals surface area (Å²) in [6.45, 7) is 0. The summed E-state index contributed by atoms with van der Waals surface area (Å²) in [6, 6.07) is 2.62. The van der Waals surface area contributed by atoms with Crippen molar-refractivity contribution in [2.45, 2.75) is 18.3 Å². The van der Waals surface area contributed by atoms with Gasteiger partial charge in [0, 0.05) is 7.05 Å². The molecular weight excluding hydrogens is 337 g/mol. The fourth-order valence-electron chi connectivity index (χ4n) is 2.52. The van der Waals surface area contributed by atoms with Gasteiger partial charge >= 0.3 is 0 Å². The molecule has 1 aromatic heterocycles. The van der Waals surface area contributed by atoms with Gasteiger partial charge in [-0.05, 0) is 12.1 Å². The number of carbonyl (C=O) groups excluding carboxylic acids is 2. The molecule has 5 nitrogen and oxygen atoms in total. The molecule has 1 aliphatic rings. The molecule has 0 spiro atoms. The molecule has 0 radical (unpaired) electrons. The third kappa shape index (κ3) is 2.20. The number of likely N-dealkylation sites (tertiary alicyclic amines) is 1. The van der Waals surface area contributed by atoms with Crippen LogP contribution >= 0.6 is 34.8 Å². The van der Waals surface area contributed by atoms with Crippen molar-refractivity contribution in [3.8, 4) is 0 Å². The third-order valence-corrected chi connectivity index (χ3v) is 4.55. The van der Waals surface area contributed by atoms with E-state index in [4.69, 9.17) is 34.8 Å². The number of imidazole rings is 1. The van der Waals surface area contributed by atoms with Crippen LogP contribution in [0, 0.1) is 0 Å². The summed E-state index contributed by atoms with van der Waals surface area (Å²) >= 11 is 18.0. The average molecular weight is 347 g/mol. The highest BCUT2D eigenvalue weighted by Crippen LogP contribution is 2.33. The van der Waals surface area contributed by atoms with Crippen LogP contribution in [-0.2, 0) is 15.5 Å². The number of amides is 2. The van der Waals surface area contributed by atoms with Crippen LogP contribution < -0.4 is 0 Å². The van der Waals surface area contributed by atoms with E-state index in [9.17, 15) is 9.59 Å². The fourth-order valence-corrected chi connectivity index (χ4v) is 3.02. The number of hydrogen-bond donors (Lipinski definition) is 0. The Hall–Kier alpha value is -1.30. The van der Waals surface area contributed by atoms with Gasteiger partial charge in [0.15, 0.2) is 0 Å². The molecule has 1 aliphatic heterocycles. The Kier molecular flexibility index (Phi) is 3.59. The lowest BCUT2D eigenvalue weighted by Crippen LogP contribution is -2.27. The first-order valence-corrected chi connectivity index (χ1v) is 7.45. The first-order valence-electron chi connectivity index (χ1n) is 6.16. The Morgan fingerprint density at radius 3 is 2.52 bits per heavy atom. The van der Waals surface area contributed by atoms with Crippen LogP contribution in [0.15, 0.2) is 12.1 Å². The van der Waals surface area contributed by atoms with E-state index in [0.717, 1.165) is 4.90 Å². The number of hydrogen-bond acceptors (Lipinski definition) is 3. The van der Waals surface area contributed by atoms with Crippen molar-refractivity contribution in [2.24, 2.45) is 0 Å². The van der Waals surface area contributed by atoms with Crippen molar-refractivity contribution >= 4 is 57.7 Å². The number of benzene rings is 1. The zero-order valence-corrected chi connectivity index (χ0v) is 13.2. The number of halogens is 3. The van der Waals surface area contributed by atoms with Gasteiger partial charge in [0.2, 0.25) is 5.91 Å². The topological polar surface area (TPSA) is 55.2 Å². The maximum Gasteiger partial charge on any atom is 0.252 e. The van der Waals surface area contributed by atoms with E-state index in [1.54, 1.807) is 16.7 Å². The second-order valence-corrected chi connectivity index (χ2v) is 5.88. The first-order chi connectivity index (χ1) is 9.93. The molecule has 1 fully saturated rings. The molecule has 0 aliphatic carbocycles. The highest BCUT2D eigenvalue weighted by atomic mass is 35.5. The molecule has 0 N–H and O–H groups in total. The zero-order valence-electron chi connectivity index (χ0n) is 10.9. The van der Waals surface area contributed by atoms with Gasteiger partial charge in [0.25, 0.3) is 5.91 Å². The van der Waals surface area contributed by atoms with Crippen LogP contribution in [0.25, 0.3) is 11.0 Å². The standard InChI is InChI=1S/C13H10Cl3N3O2/c1-18-12(20)4-10(13(18)21)19-9-3-7(16)6(15)2-8(9)17-11(19)5-14/h2-3,10H,4-5H2,1H3. The predicted octanol–water partition coefficient (Wildman–Crippen LogP) is 3.01.